The van der Waals surface area contributed by atoms with E-state index in [0.29, 0.717) is 0 Å². The first-order valence-corrected chi connectivity index (χ1v) is 7.87. The van der Waals surface area contributed by atoms with E-state index in [9.17, 15) is 0 Å². The Bertz CT molecular complexity index is 448. The van der Waals surface area contributed by atoms with E-state index in [0.717, 1.165) is 28.7 Å². The molecule has 0 aromatic heterocycles. The van der Waals surface area contributed by atoms with Gasteiger partial charge in [-0.05, 0) is 65.9 Å². The van der Waals surface area contributed by atoms with Gasteiger partial charge in [0.15, 0.2) is 0 Å². The Hall–Kier alpha value is -0.740. The first-order chi connectivity index (χ1) is 9.26. The molecule has 1 aliphatic carbocycles. The Labute approximate surface area is 123 Å². The van der Waals surface area contributed by atoms with Crippen LogP contribution in [0.2, 0.25) is 0 Å². The van der Waals surface area contributed by atoms with Gasteiger partial charge in [0, 0.05) is 24.8 Å². The first kappa shape index (κ1) is 13.3. The number of halogens is 1. The van der Waals surface area contributed by atoms with Gasteiger partial charge in [-0.3, -0.25) is 0 Å². The molecule has 1 aromatic rings. The maximum Gasteiger partial charge on any atom is 0.133 e. The van der Waals surface area contributed by atoms with Crippen molar-refractivity contribution in [1.29, 1.82) is 0 Å². The molecule has 1 saturated carbocycles. The summed E-state index contributed by atoms with van der Waals surface area (Å²) in [5.41, 5.74) is 1.29. The van der Waals surface area contributed by atoms with Gasteiger partial charge in [0.05, 0.1) is 11.6 Å². The minimum atomic E-state index is 0.793. The van der Waals surface area contributed by atoms with Crippen LogP contribution in [0.5, 0.6) is 5.75 Å². The molecule has 3 nitrogen and oxygen atoms in total. The molecule has 0 amide bonds. The summed E-state index contributed by atoms with van der Waals surface area (Å²) in [5, 5.41) is 3.64. The molecule has 2 fully saturated rings. The highest BCUT2D eigenvalue weighted by Gasteiger charge is 2.26. The number of methoxy groups -OCH3 is 1. The van der Waals surface area contributed by atoms with Crippen molar-refractivity contribution in [2.45, 2.75) is 25.3 Å². The summed E-state index contributed by atoms with van der Waals surface area (Å²) in [6.07, 6.45) is 4.05. The number of nitrogens with zero attached hydrogens (tertiary/aromatic N) is 1. The standard InChI is InChI=1S/C15H21BrN2O/c1-19-15-5-4-13(8-14(15)16)18-7-6-11(10-18)9-17-12-2-3-12/h4-5,8,11-12,17H,2-3,6-7,9-10H2,1H3. The molecule has 1 saturated heterocycles. The largest absolute Gasteiger partial charge is 0.496 e. The zero-order valence-electron chi connectivity index (χ0n) is 11.4. The van der Waals surface area contributed by atoms with Gasteiger partial charge < -0.3 is 15.0 Å². The average molecular weight is 325 g/mol. The summed E-state index contributed by atoms with van der Waals surface area (Å²) in [7, 11) is 1.70. The monoisotopic (exact) mass is 324 g/mol. The molecule has 1 aromatic carbocycles. The van der Waals surface area contributed by atoms with Gasteiger partial charge in [-0.15, -0.1) is 0 Å². The number of nitrogens with one attached hydrogen (secondary N) is 1. The Morgan fingerprint density at radius 1 is 1.37 bits per heavy atom. The fourth-order valence-corrected chi connectivity index (χ4v) is 3.24. The van der Waals surface area contributed by atoms with Gasteiger partial charge in [0.2, 0.25) is 0 Å². The molecule has 1 unspecified atom stereocenters. The van der Waals surface area contributed by atoms with Crippen molar-refractivity contribution >= 4 is 21.6 Å². The van der Waals surface area contributed by atoms with Crippen LogP contribution in [0.15, 0.2) is 22.7 Å². The number of hydrogen-bond donors (Lipinski definition) is 1. The van der Waals surface area contributed by atoms with Crippen molar-refractivity contribution in [3.8, 4) is 5.75 Å². The highest BCUT2D eigenvalue weighted by Crippen LogP contribution is 2.32. The van der Waals surface area contributed by atoms with Crippen LogP contribution in [0.25, 0.3) is 0 Å². The lowest BCUT2D eigenvalue weighted by atomic mass is 10.1. The van der Waals surface area contributed by atoms with E-state index in [1.807, 2.05) is 6.07 Å². The average Bonchev–Trinajstić information content (AvgIpc) is 3.13. The second-order valence-corrected chi connectivity index (χ2v) is 6.46. The van der Waals surface area contributed by atoms with E-state index in [1.165, 1.54) is 38.0 Å². The van der Waals surface area contributed by atoms with E-state index in [1.54, 1.807) is 7.11 Å². The zero-order chi connectivity index (χ0) is 13.2. The second kappa shape index (κ2) is 5.71. The van der Waals surface area contributed by atoms with Gasteiger partial charge in [0.25, 0.3) is 0 Å². The Morgan fingerprint density at radius 2 is 2.21 bits per heavy atom. The van der Waals surface area contributed by atoms with Crippen LogP contribution in [-0.4, -0.2) is 32.8 Å². The van der Waals surface area contributed by atoms with Crippen LogP contribution in [0.4, 0.5) is 5.69 Å². The Morgan fingerprint density at radius 3 is 2.89 bits per heavy atom. The SMILES string of the molecule is COc1ccc(N2CCC(CNC3CC3)C2)cc1Br. The molecule has 0 spiro atoms. The lowest BCUT2D eigenvalue weighted by molar-refractivity contribution is 0.412. The minimum Gasteiger partial charge on any atom is -0.496 e. The number of hydrogen-bond acceptors (Lipinski definition) is 3. The minimum absolute atomic E-state index is 0.793. The third-order valence-electron chi connectivity index (χ3n) is 4.06. The summed E-state index contributed by atoms with van der Waals surface area (Å²) >= 11 is 3.56. The second-order valence-electron chi connectivity index (χ2n) is 5.60. The molecule has 104 valence electrons. The molecule has 1 N–H and O–H groups in total. The van der Waals surface area contributed by atoms with E-state index < -0.39 is 0 Å². The van der Waals surface area contributed by atoms with Crippen LogP contribution in [0, 0.1) is 5.92 Å². The van der Waals surface area contributed by atoms with Crippen LogP contribution in [0.1, 0.15) is 19.3 Å². The van der Waals surface area contributed by atoms with Gasteiger partial charge in [0.1, 0.15) is 5.75 Å². The molecular weight excluding hydrogens is 304 g/mol. The summed E-state index contributed by atoms with van der Waals surface area (Å²) < 4.78 is 6.31. The lowest BCUT2D eigenvalue weighted by Gasteiger charge is -2.20. The summed E-state index contributed by atoms with van der Waals surface area (Å²) in [4.78, 5) is 2.48. The smallest absolute Gasteiger partial charge is 0.133 e. The normalized spacial score (nSPS) is 22.8. The first-order valence-electron chi connectivity index (χ1n) is 7.08. The maximum atomic E-state index is 5.28. The third-order valence-corrected chi connectivity index (χ3v) is 4.68. The van der Waals surface area contributed by atoms with Crippen molar-refractivity contribution in [3.63, 3.8) is 0 Å². The Balaban J connectivity index is 1.58. The van der Waals surface area contributed by atoms with E-state index in [4.69, 9.17) is 4.74 Å². The molecule has 19 heavy (non-hydrogen) atoms. The van der Waals surface area contributed by atoms with Crippen molar-refractivity contribution < 1.29 is 4.74 Å². The van der Waals surface area contributed by atoms with Gasteiger partial charge in [-0.25, -0.2) is 0 Å². The summed E-state index contributed by atoms with van der Waals surface area (Å²) in [6, 6.07) is 7.18. The van der Waals surface area contributed by atoms with Crippen LogP contribution in [-0.2, 0) is 0 Å². The van der Waals surface area contributed by atoms with Crippen molar-refractivity contribution in [3.05, 3.63) is 22.7 Å². The fourth-order valence-electron chi connectivity index (χ4n) is 2.71. The molecule has 0 bridgehead atoms. The van der Waals surface area contributed by atoms with Gasteiger partial charge in [-0.1, -0.05) is 0 Å². The van der Waals surface area contributed by atoms with Crippen LogP contribution in [0.3, 0.4) is 0 Å². The summed E-state index contributed by atoms with van der Waals surface area (Å²) in [5.74, 6) is 1.69. The quantitative estimate of drug-likeness (QED) is 0.901. The number of rotatable bonds is 5. The molecule has 1 aliphatic heterocycles. The van der Waals surface area contributed by atoms with Gasteiger partial charge in [-0.2, -0.15) is 0 Å². The molecular formula is C15H21BrN2O. The van der Waals surface area contributed by atoms with E-state index in [2.05, 4.69) is 38.3 Å². The van der Waals surface area contributed by atoms with Gasteiger partial charge >= 0.3 is 0 Å². The zero-order valence-corrected chi connectivity index (χ0v) is 12.9. The van der Waals surface area contributed by atoms with Crippen LogP contribution < -0.4 is 15.0 Å². The number of ether oxygens (including phenoxy) is 1. The number of benzene rings is 1. The van der Waals surface area contributed by atoms with E-state index >= 15 is 0 Å². The van der Waals surface area contributed by atoms with E-state index in [-0.39, 0.29) is 0 Å². The van der Waals surface area contributed by atoms with Crippen molar-refractivity contribution in [2.75, 3.05) is 31.6 Å². The molecule has 2 aliphatic rings. The predicted molar refractivity (Wildman–Crippen MR) is 82.0 cm³/mol. The lowest BCUT2D eigenvalue weighted by Crippen LogP contribution is -2.27. The van der Waals surface area contributed by atoms with Crippen LogP contribution >= 0.6 is 15.9 Å². The highest BCUT2D eigenvalue weighted by atomic mass is 79.9. The Kier molecular flexibility index (Phi) is 3.99. The topological polar surface area (TPSA) is 24.5 Å². The van der Waals surface area contributed by atoms with Crippen molar-refractivity contribution in [1.82, 2.24) is 5.32 Å². The van der Waals surface area contributed by atoms with Crippen molar-refractivity contribution in [2.24, 2.45) is 5.92 Å². The summed E-state index contributed by atoms with van der Waals surface area (Å²) in [6.45, 7) is 3.51. The number of anilines is 1. The highest BCUT2D eigenvalue weighted by molar-refractivity contribution is 9.10. The maximum absolute atomic E-state index is 5.28. The molecule has 1 heterocycles. The molecule has 4 heteroatoms. The molecule has 0 radical (unpaired) electrons. The predicted octanol–water partition coefficient (Wildman–Crippen LogP) is 3.04. The molecule has 3 rings (SSSR count). The third kappa shape index (κ3) is 3.23. The fraction of sp³-hybridized carbons (Fsp3) is 0.600. The molecule has 1 atom stereocenters.